The molecule has 0 bridgehead atoms. The van der Waals surface area contributed by atoms with E-state index in [2.05, 4.69) is 13.2 Å². The molecule has 0 atom stereocenters. The van der Waals surface area contributed by atoms with Gasteiger partial charge < -0.3 is 0 Å². The molecule has 0 aliphatic rings. The minimum atomic E-state index is 0.0961. The van der Waals surface area contributed by atoms with Crippen LogP contribution in [0.1, 0.15) is 5.56 Å². The number of fused-ring (bicyclic) bond motifs is 2. The Morgan fingerprint density at radius 2 is 1.76 bits per heavy atom. The lowest BCUT2D eigenvalue weighted by Crippen LogP contribution is -2.00. The van der Waals surface area contributed by atoms with E-state index in [-0.39, 0.29) is 5.43 Å². The monoisotopic (exact) mass is 290 g/mol. The summed E-state index contributed by atoms with van der Waals surface area (Å²) in [7, 11) is 0. The summed E-state index contributed by atoms with van der Waals surface area (Å²) in [6.07, 6.45) is 5.45. The molecule has 0 fully saturated rings. The third kappa shape index (κ3) is 2.34. The first-order valence-corrected chi connectivity index (χ1v) is 7.47. The van der Waals surface area contributed by atoms with Gasteiger partial charge >= 0.3 is 0 Å². The van der Waals surface area contributed by atoms with Crippen molar-refractivity contribution in [3.05, 3.63) is 89.6 Å². The van der Waals surface area contributed by atoms with Gasteiger partial charge in [-0.25, -0.2) is 0 Å². The molecule has 0 spiro atoms. The summed E-state index contributed by atoms with van der Waals surface area (Å²) in [5, 5.41) is 1.55. The van der Waals surface area contributed by atoms with Gasteiger partial charge in [0, 0.05) is 20.2 Å². The van der Waals surface area contributed by atoms with Gasteiger partial charge in [0.05, 0.1) is 0 Å². The van der Waals surface area contributed by atoms with Gasteiger partial charge in [-0.2, -0.15) is 0 Å². The Balaban J connectivity index is 2.34. The third-order valence-corrected chi connectivity index (χ3v) is 4.56. The highest BCUT2D eigenvalue weighted by atomic mass is 32.1. The van der Waals surface area contributed by atoms with Crippen LogP contribution >= 0.6 is 11.3 Å². The van der Waals surface area contributed by atoms with Crippen LogP contribution in [0.5, 0.6) is 0 Å². The molecule has 0 unspecified atom stereocenters. The van der Waals surface area contributed by atoms with Crippen molar-refractivity contribution in [2.45, 2.75) is 0 Å². The molecule has 0 saturated heterocycles. The van der Waals surface area contributed by atoms with Crippen LogP contribution in [0.3, 0.4) is 0 Å². The van der Waals surface area contributed by atoms with Gasteiger partial charge in [0.2, 0.25) is 0 Å². The van der Waals surface area contributed by atoms with Gasteiger partial charge in [-0.1, -0.05) is 49.6 Å². The maximum Gasteiger partial charge on any atom is 0.195 e. The molecule has 0 N–H and O–H groups in total. The van der Waals surface area contributed by atoms with Crippen molar-refractivity contribution >= 4 is 37.1 Å². The average Bonchev–Trinajstić information content (AvgIpc) is 2.52. The van der Waals surface area contributed by atoms with Gasteiger partial charge in [0.15, 0.2) is 5.43 Å². The molecule has 1 heterocycles. The molecule has 0 aliphatic carbocycles. The molecule has 0 amide bonds. The van der Waals surface area contributed by atoms with Crippen LogP contribution in [0.4, 0.5) is 0 Å². The highest BCUT2D eigenvalue weighted by Gasteiger charge is 2.07. The molecule has 0 saturated carbocycles. The number of allylic oxidation sites excluding steroid dienone is 4. The van der Waals surface area contributed by atoms with Crippen molar-refractivity contribution in [3.8, 4) is 0 Å². The molecule has 2 aromatic carbocycles. The Morgan fingerprint density at radius 1 is 1.00 bits per heavy atom. The van der Waals surface area contributed by atoms with E-state index >= 15 is 0 Å². The van der Waals surface area contributed by atoms with Crippen molar-refractivity contribution in [2.24, 2.45) is 0 Å². The summed E-state index contributed by atoms with van der Waals surface area (Å²) in [6.45, 7) is 7.55. The molecule has 1 nitrogen and oxygen atoms in total. The number of hydrogen-bond acceptors (Lipinski definition) is 2. The van der Waals surface area contributed by atoms with Crippen molar-refractivity contribution in [1.29, 1.82) is 0 Å². The Morgan fingerprint density at radius 3 is 2.52 bits per heavy atom. The van der Waals surface area contributed by atoms with Crippen molar-refractivity contribution in [2.75, 3.05) is 0 Å². The minimum Gasteiger partial charge on any atom is -0.289 e. The van der Waals surface area contributed by atoms with Crippen LogP contribution < -0.4 is 5.43 Å². The maximum absolute atomic E-state index is 12.5. The molecule has 3 aromatic rings. The second kappa shape index (κ2) is 5.51. The largest absolute Gasteiger partial charge is 0.289 e. The lowest BCUT2D eigenvalue weighted by molar-refractivity contribution is 1.68. The molecular formula is C19H14OS. The average molecular weight is 290 g/mol. The lowest BCUT2D eigenvalue weighted by Gasteiger charge is -2.05. The molecule has 21 heavy (non-hydrogen) atoms. The lowest BCUT2D eigenvalue weighted by atomic mass is 10.0. The molecule has 102 valence electrons. The van der Waals surface area contributed by atoms with E-state index in [9.17, 15) is 4.79 Å². The Hall–Kier alpha value is -2.45. The van der Waals surface area contributed by atoms with E-state index in [1.54, 1.807) is 23.5 Å². The summed E-state index contributed by atoms with van der Waals surface area (Å²) < 4.78 is 2.01. The van der Waals surface area contributed by atoms with Crippen molar-refractivity contribution < 1.29 is 0 Å². The highest BCUT2D eigenvalue weighted by Crippen LogP contribution is 2.27. The van der Waals surface area contributed by atoms with Crippen molar-refractivity contribution in [1.82, 2.24) is 0 Å². The quantitative estimate of drug-likeness (QED) is 0.480. The van der Waals surface area contributed by atoms with Crippen molar-refractivity contribution in [3.63, 3.8) is 0 Å². The Kier molecular flexibility index (Phi) is 3.55. The molecule has 0 radical (unpaired) electrons. The van der Waals surface area contributed by atoms with E-state index in [0.29, 0.717) is 0 Å². The van der Waals surface area contributed by atoms with Gasteiger partial charge in [-0.15, -0.1) is 11.3 Å². The van der Waals surface area contributed by atoms with Crippen LogP contribution in [0.25, 0.3) is 25.7 Å². The summed E-state index contributed by atoms with van der Waals surface area (Å²) in [6, 6.07) is 13.6. The number of hydrogen-bond donors (Lipinski definition) is 0. The molecule has 2 heteroatoms. The Labute approximate surface area is 127 Å². The van der Waals surface area contributed by atoms with Crippen LogP contribution in [0.2, 0.25) is 0 Å². The minimum absolute atomic E-state index is 0.0961. The predicted octanol–water partition coefficient (Wildman–Crippen LogP) is 5.17. The second-order valence-electron chi connectivity index (χ2n) is 4.70. The van der Waals surface area contributed by atoms with E-state index in [0.717, 1.165) is 31.3 Å². The molecule has 0 aliphatic heterocycles. The maximum atomic E-state index is 12.5. The number of benzene rings is 2. The van der Waals surface area contributed by atoms with Gasteiger partial charge in [-0.05, 0) is 35.4 Å². The van der Waals surface area contributed by atoms with E-state index in [1.165, 1.54) is 0 Å². The van der Waals surface area contributed by atoms with Gasteiger partial charge in [0.25, 0.3) is 0 Å². The normalized spacial score (nSPS) is 11.7. The summed E-state index contributed by atoms with van der Waals surface area (Å²) in [5.41, 5.74) is 2.14. The van der Waals surface area contributed by atoms with Crippen LogP contribution in [-0.4, -0.2) is 0 Å². The van der Waals surface area contributed by atoms with E-state index < -0.39 is 0 Å². The van der Waals surface area contributed by atoms with Crippen LogP contribution in [0.15, 0.2) is 78.6 Å². The third-order valence-electron chi connectivity index (χ3n) is 3.43. The van der Waals surface area contributed by atoms with E-state index in [1.807, 2.05) is 48.5 Å². The standard InChI is InChI=1S/C19H14OS/c1-3-7-13(4-2)14-10-11-16-18(12-14)21-17-9-6-5-8-15(17)19(16)20/h3-12H,1-2H2/b13-7+. The zero-order valence-electron chi connectivity index (χ0n) is 11.5. The molecule has 1 aromatic heterocycles. The van der Waals surface area contributed by atoms with Gasteiger partial charge in [-0.3, -0.25) is 4.79 Å². The molecule has 3 rings (SSSR count). The summed E-state index contributed by atoms with van der Waals surface area (Å²) in [5.74, 6) is 0. The predicted molar refractivity (Wildman–Crippen MR) is 94.0 cm³/mol. The Bertz CT molecular complexity index is 945. The fraction of sp³-hybridized carbons (Fsp3) is 0. The first-order valence-electron chi connectivity index (χ1n) is 6.65. The smallest absolute Gasteiger partial charge is 0.195 e. The first-order chi connectivity index (χ1) is 10.2. The summed E-state index contributed by atoms with van der Waals surface area (Å²) in [4.78, 5) is 12.5. The second-order valence-corrected chi connectivity index (χ2v) is 5.78. The SMILES string of the molecule is C=C/C=C(\C=C)c1ccc2c(=O)c3ccccc3sc2c1. The fourth-order valence-corrected chi connectivity index (χ4v) is 3.50. The zero-order chi connectivity index (χ0) is 14.8. The molecular weight excluding hydrogens is 276 g/mol. The van der Waals surface area contributed by atoms with E-state index in [4.69, 9.17) is 0 Å². The van der Waals surface area contributed by atoms with Crippen LogP contribution in [0, 0.1) is 0 Å². The van der Waals surface area contributed by atoms with Gasteiger partial charge in [0.1, 0.15) is 0 Å². The summed E-state index contributed by atoms with van der Waals surface area (Å²) >= 11 is 1.64. The fourth-order valence-electron chi connectivity index (χ4n) is 2.39. The topological polar surface area (TPSA) is 17.1 Å². The van der Waals surface area contributed by atoms with Crippen LogP contribution in [-0.2, 0) is 0 Å². The number of rotatable bonds is 3. The zero-order valence-corrected chi connectivity index (χ0v) is 12.3. The first kappa shape index (κ1) is 13.5. The highest BCUT2D eigenvalue weighted by molar-refractivity contribution is 7.24.